The second kappa shape index (κ2) is 14.2. The third-order valence-corrected chi connectivity index (χ3v) is 6.19. The predicted molar refractivity (Wildman–Crippen MR) is 143 cm³/mol. The molecule has 2 fully saturated rings. The molecule has 10 heteroatoms. The Morgan fingerprint density at radius 1 is 1.06 bits per heavy atom. The van der Waals surface area contributed by atoms with Gasteiger partial charge in [-0.15, -0.1) is 0 Å². The predicted octanol–water partition coefficient (Wildman–Crippen LogP) is 0.502. The maximum atomic E-state index is 12.2. The molecule has 2 aliphatic rings. The van der Waals surface area contributed by atoms with Crippen LogP contribution >= 0.6 is 0 Å². The molecule has 3 rings (SSSR count). The van der Waals surface area contributed by atoms with E-state index in [0.717, 1.165) is 84.2 Å². The molecule has 2 aliphatic heterocycles. The number of carbonyl (C=O) groups is 1. The first-order chi connectivity index (χ1) is 16.9. The monoisotopic (exact) mass is 488 g/mol. The van der Waals surface area contributed by atoms with E-state index in [-0.39, 0.29) is 11.9 Å². The Hall–Kier alpha value is -2.40. The van der Waals surface area contributed by atoms with Crippen LogP contribution in [0, 0.1) is 0 Å². The lowest BCUT2D eigenvalue weighted by Gasteiger charge is -2.35. The van der Waals surface area contributed by atoms with Gasteiger partial charge in [0.2, 0.25) is 5.91 Å². The molecule has 2 heterocycles. The van der Waals surface area contributed by atoms with Crippen molar-refractivity contribution in [2.45, 2.75) is 32.9 Å². The van der Waals surface area contributed by atoms with Crippen LogP contribution in [0.15, 0.2) is 23.2 Å². The number of anilines is 2. The number of guanidine groups is 1. The summed E-state index contributed by atoms with van der Waals surface area (Å²) in [5, 5.41) is 9.39. The molecule has 2 saturated heterocycles. The smallest absolute Gasteiger partial charge is 0.234 e. The number of nitrogens with zero attached hydrogens (tertiary/aromatic N) is 4. The molecule has 0 saturated carbocycles. The number of morpholine rings is 1. The largest absolute Gasteiger partial charge is 0.378 e. The number of ether oxygens (including phenoxy) is 1. The summed E-state index contributed by atoms with van der Waals surface area (Å²) >= 11 is 0. The highest BCUT2D eigenvalue weighted by Gasteiger charge is 2.20. The van der Waals surface area contributed by atoms with Gasteiger partial charge in [0.25, 0.3) is 0 Å². The minimum absolute atomic E-state index is 0.115. The second-order valence-corrected chi connectivity index (χ2v) is 9.58. The van der Waals surface area contributed by atoms with Gasteiger partial charge in [-0.1, -0.05) is 0 Å². The fraction of sp³-hybridized carbons (Fsp3) is 0.680. The quantitative estimate of drug-likeness (QED) is 0.203. The SMILES string of the molecule is CNCCCNC(=O)CN1CCN(Cc2cc(NC(N)=NC(C)C)cc(N3CCOCC3)c2)CC1. The van der Waals surface area contributed by atoms with Crippen molar-refractivity contribution in [1.82, 2.24) is 20.4 Å². The summed E-state index contributed by atoms with van der Waals surface area (Å²) in [5.41, 5.74) is 9.50. The molecule has 0 bridgehead atoms. The molecule has 10 nitrogen and oxygen atoms in total. The Kier molecular flexibility index (Phi) is 11.1. The van der Waals surface area contributed by atoms with Crippen molar-refractivity contribution >= 4 is 23.2 Å². The van der Waals surface area contributed by atoms with Gasteiger partial charge in [-0.3, -0.25) is 19.6 Å². The average molecular weight is 489 g/mol. The van der Waals surface area contributed by atoms with Crippen LogP contribution in [0.3, 0.4) is 0 Å². The fourth-order valence-corrected chi connectivity index (χ4v) is 4.42. The zero-order valence-electron chi connectivity index (χ0n) is 21.7. The summed E-state index contributed by atoms with van der Waals surface area (Å²) in [6.07, 6.45) is 0.950. The van der Waals surface area contributed by atoms with Gasteiger partial charge in [0.15, 0.2) is 5.96 Å². The first-order valence-corrected chi connectivity index (χ1v) is 12.9. The Morgan fingerprint density at radius 2 is 1.77 bits per heavy atom. The average Bonchev–Trinajstić information content (AvgIpc) is 2.83. The number of hydrogen-bond acceptors (Lipinski definition) is 7. The van der Waals surface area contributed by atoms with Crippen molar-refractivity contribution in [1.29, 1.82) is 0 Å². The summed E-state index contributed by atoms with van der Waals surface area (Å²) in [6.45, 7) is 13.9. The molecule has 1 amide bonds. The van der Waals surface area contributed by atoms with Crippen molar-refractivity contribution in [3.8, 4) is 0 Å². The van der Waals surface area contributed by atoms with Crippen LogP contribution in [-0.4, -0.2) is 107 Å². The molecule has 1 aromatic carbocycles. The van der Waals surface area contributed by atoms with Gasteiger partial charge < -0.3 is 31.3 Å². The summed E-state index contributed by atoms with van der Waals surface area (Å²) in [4.78, 5) is 23.7. The molecule has 1 aromatic rings. The van der Waals surface area contributed by atoms with Crippen LogP contribution in [0.1, 0.15) is 25.8 Å². The number of piperazine rings is 1. The highest BCUT2D eigenvalue weighted by molar-refractivity contribution is 5.93. The van der Waals surface area contributed by atoms with Gasteiger partial charge in [0.05, 0.1) is 19.8 Å². The van der Waals surface area contributed by atoms with E-state index < -0.39 is 0 Å². The molecule has 0 aliphatic carbocycles. The lowest BCUT2D eigenvalue weighted by Crippen LogP contribution is -2.49. The van der Waals surface area contributed by atoms with Crippen LogP contribution < -0.4 is 26.6 Å². The molecular formula is C25H44N8O2. The number of rotatable bonds is 11. The summed E-state index contributed by atoms with van der Waals surface area (Å²) < 4.78 is 5.54. The lowest BCUT2D eigenvalue weighted by atomic mass is 10.1. The second-order valence-electron chi connectivity index (χ2n) is 9.58. The molecule has 5 N–H and O–H groups in total. The van der Waals surface area contributed by atoms with Gasteiger partial charge in [-0.25, -0.2) is 0 Å². The maximum absolute atomic E-state index is 12.2. The maximum Gasteiger partial charge on any atom is 0.234 e. The van der Waals surface area contributed by atoms with E-state index in [1.807, 2.05) is 20.9 Å². The van der Waals surface area contributed by atoms with Crippen molar-refractivity contribution in [3.05, 3.63) is 23.8 Å². The van der Waals surface area contributed by atoms with Gasteiger partial charge in [0, 0.05) is 69.8 Å². The van der Waals surface area contributed by atoms with E-state index in [1.165, 1.54) is 11.3 Å². The number of benzene rings is 1. The number of nitrogens with one attached hydrogen (secondary N) is 3. The van der Waals surface area contributed by atoms with E-state index in [2.05, 4.69) is 53.8 Å². The Labute approximate surface area is 210 Å². The Balaban J connectivity index is 1.57. The van der Waals surface area contributed by atoms with Gasteiger partial charge in [0.1, 0.15) is 0 Å². The Bertz CT molecular complexity index is 818. The standard InChI is InChI=1S/C25H44N8O2/c1-20(2)29-25(26)30-22-15-21(16-23(17-22)33-11-13-35-14-12-33)18-31-7-9-32(10-8-31)19-24(34)28-6-4-5-27-3/h15-17,20,27H,4-14,18-19H2,1-3H3,(H,28,34)(H3,26,29,30). The fourth-order valence-electron chi connectivity index (χ4n) is 4.42. The number of aliphatic imine (C=N–C) groups is 1. The normalized spacial score (nSPS) is 18.2. The summed E-state index contributed by atoms with van der Waals surface area (Å²) in [7, 11) is 1.92. The third kappa shape index (κ3) is 9.64. The van der Waals surface area contributed by atoms with E-state index >= 15 is 0 Å². The van der Waals surface area contributed by atoms with Crippen molar-refractivity contribution in [3.63, 3.8) is 0 Å². The minimum atomic E-state index is 0.115. The van der Waals surface area contributed by atoms with Crippen LogP contribution in [0.25, 0.3) is 0 Å². The number of amides is 1. The molecular weight excluding hydrogens is 444 g/mol. The van der Waals surface area contributed by atoms with Gasteiger partial charge in [-0.2, -0.15) is 0 Å². The molecule has 35 heavy (non-hydrogen) atoms. The third-order valence-electron chi connectivity index (χ3n) is 6.19. The van der Waals surface area contributed by atoms with Crippen LogP contribution in [0.4, 0.5) is 11.4 Å². The zero-order chi connectivity index (χ0) is 25.0. The topological polar surface area (TPSA) is 110 Å². The molecule has 0 radical (unpaired) electrons. The minimum Gasteiger partial charge on any atom is -0.378 e. The number of nitrogens with two attached hydrogens (primary N) is 1. The first-order valence-electron chi connectivity index (χ1n) is 12.9. The molecule has 0 aromatic heterocycles. The highest BCUT2D eigenvalue weighted by Crippen LogP contribution is 2.25. The van der Waals surface area contributed by atoms with Crippen LogP contribution in [0.2, 0.25) is 0 Å². The number of carbonyl (C=O) groups excluding carboxylic acids is 1. The molecule has 0 spiro atoms. The Morgan fingerprint density at radius 3 is 2.46 bits per heavy atom. The first kappa shape index (κ1) is 27.2. The summed E-state index contributed by atoms with van der Waals surface area (Å²) in [5.74, 6) is 0.548. The van der Waals surface area contributed by atoms with Crippen molar-refractivity contribution < 1.29 is 9.53 Å². The van der Waals surface area contributed by atoms with Gasteiger partial charge >= 0.3 is 0 Å². The lowest BCUT2D eigenvalue weighted by molar-refractivity contribution is -0.122. The van der Waals surface area contributed by atoms with Gasteiger partial charge in [-0.05, 0) is 57.6 Å². The van der Waals surface area contributed by atoms with E-state index in [9.17, 15) is 4.79 Å². The van der Waals surface area contributed by atoms with E-state index in [4.69, 9.17) is 10.5 Å². The van der Waals surface area contributed by atoms with Crippen molar-refractivity contribution in [2.75, 3.05) is 89.4 Å². The van der Waals surface area contributed by atoms with Crippen LogP contribution in [-0.2, 0) is 16.1 Å². The number of hydrogen-bond donors (Lipinski definition) is 4. The van der Waals surface area contributed by atoms with E-state index in [0.29, 0.717) is 12.5 Å². The van der Waals surface area contributed by atoms with E-state index in [1.54, 1.807) is 0 Å². The molecule has 196 valence electrons. The highest BCUT2D eigenvalue weighted by atomic mass is 16.5. The molecule has 0 unspecified atom stereocenters. The van der Waals surface area contributed by atoms with Crippen LogP contribution in [0.5, 0.6) is 0 Å². The zero-order valence-corrected chi connectivity index (χ0v) is 21.7. The molecule has 0 atom stereocenters. The summed E-state index contributed by atoms with van der Waals surface area (Å²) in [6, 6.07) is 6.72. The van der Waals surface area contributed by atoms with Crippen molar-refractivity contribution in [2.24, 2.45) is 10.7 Å².